The lowest BCUT2D eigenvalue weighted by Crippen LogP contribution is -2.49. The molecule has 19 heavy (non-hydrogen) atoms. The van der Waals surface area contributed by atoms with Gasteiger partial charge in [0.25, 0.3) is 0 Å². The minimum atomic E-state index is -4.52. The van der Waals surface area contributed by atoms with E-state index in [1.54, 1.807) is 27.7 Å². The maximum atomic E-state index is 12.8. The molecule has 0 aliphatic carbocycles. The molecule has 0 saturated carbocycles. The molecule has 0 radical (unpaired) electrons. The molecule has 1 amide bonds. The van der Waals surface area contributed by atoms with Gasteiger partial charge in [-0.05, 0) is 46.5 Å². The molecule has 0 aromatic heterocycles. The summed E-state index contributed by atoms with van der Waals surface area (Å²) in [5, 5.41) is 0. The van der Waals surface area contributed by atoms with E-state index in [4.69, 9.17) is 4.74 Å². The van der Waals surface area contributed by atoms with Crippen LogP contribution in [-0.4, -0.2) is 43.4 Å². The van der Waals surface area contributed by atoms with Crippen LogP contribution in [0.5, 0.6) is 0 Å². The van der Waals surface area contributed by atoms with E-state index in [-0.39, 0.29) is 12.0 Å². The fourth-order valence-corrected chi connectivity index (χ4v) is 3.24. The summed E-state index contributed by atoms with van der Waals surface area (Å²) in [6, 6.07) is -0.339. The molecule has 0 spiro atoms. The van der Waals surface area contributed by atoms with E-state index in [1.807, 2.05) is 0 Å². The highest BCUT2D eigenvalue weighted by Crippen LogP contribution is 2.26. The van der Waals surface area contributed by atoms with Crippen LogP contribution < -0.4 is 0 Å². The third-order valence-corrected chi connectivity index (χ3v) is 4.02. The average molecular weight is 295 g/mol. The Hall–Kier alpha value is -0.850. The van der Waals surface area contributed by atoms with Gasteiger partial charge in [-0.25, -0.2) is 4.79 Å². The number of carbonyl (C=O) groups is 1. The Bertz CT molecular complexity index is 430. The zero-order valence-electron chi connectivity index (χ0n) is 11.8. The van der Waals surface area contributed by atoms with Crippen molar-refractivity contribution in [3.8, 4) is 0 Å². The number of hydrogen-bond donors (Lipinski definition) is 0. The summed E-state index contributed by atoms with van der Waals surface area (Å²) in [7, 11) is -4.52. The molecule has 1 aliphatic rings. The highest BCUT2D eigenvalue weighted by molar-refractivity contribution is 7.86. The molecule has 0 N–H and O–H groups in total. The van der Waals surface area contributed by atoms with Crippen molar-refractivity contribution in [3.05, 3.63) is 0 Å². The van der Waals surface area contributed by atoms with Crippen molar-refractivity contribution in [2.45, 2.75) is 52.2 Å². The van der Waals surface area contributed by atoms with Crippen molar-refractivity contribution in [2.24, 2.45) is 5.92 Å². The molecular formula is C12H22FNO4S. The predicted molar refractivity (Wildman–Crippen MR) is 70.0 cm³/mol. The van der Waals surface area contributed by atoms with Crippen LogP contribution in [0.4, 0.5) is 8.68 Å². The lowest BCUT2D eigenvalue weighted by atomic mass is 9.92. The van der Waals surface area contributed by atoms with Crippen LogP contribution in [0, 0.1) is 5.92 Å². The van der Waals surface area contributed by atoms with E-state index in [0.29, 0.717) is 19.4 Å². The summed E-state index contributed by atoms with van der Waals surface area (Å²) in [4.78, 5) is 13.5. The number of likely N-dealkylation sites (tertiary alicyclic amines) is 1. The number of halogens is 1. The van der Waals surface area contributed by atoms with Crippen molar-refractivity contribution in [2.75, 3.05) is 12.3 Å². The van der Waals surface area contributed by atoms with Crippen LogP contribution in [0.15, 0.2) is 0 Å². The van der Waals surface area contributed by atoms with Crippen molar-refractivity contribution < 1.29 is 21.8 Å². The van der Waals surface area contributed by atoms with Gasteiger partial charge in [0.1, 0.15) is 5.60 Å². The zero-order chi connectivity index (χ0) is 14.8. The molecular weight excluding hydrogens is 273 g/mol. The molecule has 112 valence electrons. The number of nitrogens with zero attached hydrogens (tertiary/aromatic N) is 1. The Morgan fingerprint density at radius 1 is 1.42 bits per heavy atom. The van der Waals surface area contributed by atoms with E-state index in [0.717, 1.165) is 0 Å². The zero-order valence-corrected chi connectivity index (χ0v) is 12.7. The Labute approximate surface area is 114 Å². The maximum Gasteiger partial charge on any atom is 0.410 e. The van der Waals surface area contributed by atoms with Crippen molar-refractivity contribution in [1.82, 2.24) is 4.90 Å². The van der Waals surface area contributed by atoms with Crippen LogP contribution >= 0.6 is 0 Å². The van der Waals surface area contributed by atoms with Gasteiger partial charge in [-0.15, -0.1) is 3.89 Å². The first-order valence-electron chi connectivity index (χ1n) is 6.41. The fourth-order valence-electron chi connectivity index (χ4n) is 2.28. The second kappa shape index (κ2) is 5.64. The first-order valence-corrected chi connectivity index (χ1v) is 7.97. The molecule has 1 heterocycles. The highest BCUT2D eigenvalue weighted by Gasteiger charge is 2.35. The fraction of sp³-hybridized carbons (Fsp3) is 0.917. The van der Waals surface area contributed by atoms with Gasteiger partial charge in [0.2, 0.25) is 0 Å². The molecule has 0 aromatic carbocycles. The minimum absolute atomic E-state index is 0.339. The monoisotopic (exact) mass is 295 g/mol. The van der Waals surface area contributed by atoms with E-state index < -0.39 is 27.7 Å². The topological polar surface area (TPSA) is 63.7 Å². The number of amides is 1. The Kier molecular flexibility index (Phi) is 4.81. The second-order valence-corrected chi connectivity index (χ2v) is 7.43. The van der Waals surface area contributed by atoms with Crippen molar-refractivity contribution >= 4 is 16.3 Å². The van der Waals surface area contributed by atoms with Crippen LogP contribution in [0.1, 0.15) is 40.5 Å². The van der Waals surface area contributed by atoms with Gasteiger partial charge >= 0.3 is 16.3 Å². The number of carbonyl (C=O) groups excluding carboxylic acids is 1. The summed E-state index contributed by atoms with van der Waals surface area (Å²) < 4.78 is 39.6. The van der Waals surface area contributed by atoms with E-state index in [9.17, 15) is 17.1 Å². The van der Waals surface area contributed by atoms with Crippen LogP contribution in [0.3, 0.4) is 0 Å². The SMILES string of the molecule is CC1C(CS(=O)(=O)F)CCCN1C(=O)OC(C)(C)C. The third-order valence-electron chi connectivity index (χ3n) is 3.19. The molecule has 0 aromatic rings. The Balaban J connectivity index is 2.73. The van der Waals surface area contributed by atoms with Crippen LogP contribution in [-0.2, 0) is 15.0 Å². The van der Waals surface area contributed by atoms with Gasteiger partial charge in [0.05, 0.1) is 5.75 Å². The van der Waals surface area contributed by atoms with Crippen molar-refractivity contribution in [3.63, 3.8) is 0 Å². The standard InChI is InChI=1S/C12H22FNO4S/c1-9-10(8-19(13,16)17)6-5-7-14(9)11(15)18-12(2,3)4/h9-10H,5-8H2,1-4H3. The average Bonchev–Trinajstić information content (AvgIpc) is 2.16. The number of rotatable bonds is 2. The summed E-state index contributed by atoms with van der Waals surface area (Å²) in [6.45, 7) is 7.55. The van der Waals surface area contributed by atoms with Gasteiger partial charge in [0.15, 0.2) is 0 Å². The van der Waals surface area contributed by atoms with Gasteiger partial charge in [-0.2, -0.15) is 8.42 Å². The second-order valence-electron chi connectivity index (χ2n) is 6.02. The Morgan fingerprint density at radius 2 is 2.00 bits per heavy atom. The number of ether oxygens (including phenoxy) is 1. The van der Waals surface area contributed by atoms with E-state index in [1.165, 1.54) is 4.90 Å². The highest BCUT2D eigenvalue weighted by atomic mass is 32.3. The van der Waals surface area contributed by atoms with Gasteiger partial charge in [0, 0.05) is 12.6 Å². The summed E-state index contributed by atoms with van der Waals surface area (Å²) >= 11 is 0. The minimum Gasteiger partial charge on any atom is -0.444 e. The molecule has 2 atom stereocenters. The normalized spacial score (nSPS) is 25.2. The number of piperidine rings is 1. The van der Waals surface area contributed by atoms with E-state index in [2.05, 4.69) is 0 Å². The lowest BCUT2D eigenvalue weighted by molar-refractivity contribution is 0.00481. The van der Waals surface area contributed by atoms with Gasteiger partial charge in [-0.3, -0.25) is 0 Å². The lowest BCUT2D eigenvalue weighted by Gasteiger charge is -2.39. The summed E-state index contributed by atoms with van der Waals surface area (Å²) in [5.74, 6) is -0.913. The molecule has 0 bridgehead atoms. The largest absolute Gasteiger partial charge is 0.444 e. The summed E-state index contributed by atoms with van der Waals surface area (Å²) in [5.41, 5.74) is -0.601. The molecule has 5 nitrogen and oxygen atoms in total. The molecule has 2 unspecified atom stereocenters. The first-order chi connectivity index (χ1) is 8.49. The molecule has 7 heteroatoms. The van der Waals surface area contributed by atoms with Crippen LogP contribution in [0.2, 0.25) is 0 Å². The smallest absolute Gasteiger partial charge is 0.410 e. The molecule has 1 aliphatic heterocycles. The molecule has 1 rings (SSSR count). The first kappa shape index (κ1) is 16.2. The van der Waals surface area contributed by atoms with Gasteiger partial charge in [-0.1, -0.05) is 0 Å². The summed E-state index contributed by atoms with van der Waals surface area (Å²) in [6.07, 6.45) is 0.786. The quantitative estimate of drug-likeness (QED) is 0.733. The predicted octanol–water partition coefficient (Wildman–Crippen LogP) is 2.32. The Morgan fingerprint density at radius 3 is 2.47 bits per heavy atom. The number of hydrogen-bond acceptors (Lipinski definition) is 4. The van der Waals surface area contributed by atoms with Gasteiger partial charge < -0.3 is 9.64 Å². The molecule has 1 saturated heterocycles. The van der Waals surface area contributed by atoms with Crippen molar-refractivity contribution in [1.29, 1.82) is 0 Å². The maximum absolute atomic E-state index is 12.8. The molecule has 1 fully saturated rings. The van der Waals surface area contributed by atoms with E-state index >= 15 is 0 Å². The third kappa shape index (κ3) is 5.34. The van der Waals surface area contributed by atoms with Crippen LogP contribution in [0.25, 0.3) is 0 Å².